The summed E-state index contributed by atoms with van der Waals surface area (Å²) in [5, 5.41) is 0.735. The Hall–Kier alpha value is -3.00. The number of fused-ring (bicyclic) bond motifs is 1. The quantitative estimate of drug-likeness (QED) is 0.688. The molecule has 0 spiro atoms. The molecule has 5 rings (SSSR count). The van der Waals surface area contributed by atoms with Crippen LogP contribution in [0.3, 0.4) is 0 Å². The molecule has 0 radical (unpaired) electrons. The SMILES string of the molecule is CC1(C)CSC(=NCc2ccccc2)N1C(=O)[C@@H]1CC(=O)N(c2ccc3c(c2)OCCO3)C1. The van der Waals surface area contributed by atoms with E-state index in [-0.39, 0.29) is 23.8 Å². The van der Waals surface area contributed by atoms with Crippen LogP contribution in [-0.2, 0) is 16.1 Å². The van der Waals surface area contributed by atoms with Gasteiger partial charge in [0, 0.05) is 30.5 Å². The van der Waals surface area contributed by atoms with Gasteiger partial charge in [-0.1, -0.05) is 42.1 Å². The van der Waals surface area contributed by atoms with Crippen LogP contribution in [0.25, 0.3) is 0 Å². The van der Waals surface area contributed by atoms with Gasteiger partial charge in [0.25, 0.3) is 0 Å². The zero-order chi connectivity index (χ0) is 23.0. The minimum atomic E-state index is -0.411. The molecule has 8 heteroatoms. The summed E-state index contributed by atoms with van der Waals surface area (Å²) in [5.41, 5.74) is 1.47. The van der Waals surface area contributed by atoms with Gasteiger partial charge in [-0.15, -0.1) is 0 Å². The molecule has 3 heterocycles. The van der Waals surface area contributed by atoms with Gasteiger partial charge < -0.3 is 14.4 Å². The number of carbonyl (C=O) groups is 2. The smallest absolute Gasteiger partial charge is 0.234 e. The Morgan fingerprint density at radius 1 is 1.12 bits per heavy atom. The van der Waals surface area contributed by atoms with Gasteiger partial charge in [-0.25, -0.2) is 0 Å². The second-order valence-electron chi connectivity index (χ2n) is 9.09. The fourth-order valence-corrected chi connectivity index (χ4v) is 5.62. The molecule has 3 aliphatic rings. The molecule has 0 aliphatic carbocycles. The van der Waals surface area contributed by atoms with Crippen molar-refractivity contribution in [2.75, 3.05) is 30.4 Å². The summed E-state index contributed by atoms with van der Waals surface area (Å²) in [6.45, 7) is 5.98. The molecule has 0 unspecified atom stereocenters. The predicted octanol–water partition coefficient (Wildman–Crippen LogP) is 3.72. The van der Waals surface area contributed by atoms with E-state index in [0.717, 1.165) is 22.2 Å². The summed E-state index contributed by atoms with van der Waals surface area (Å²) in [6.07, 6.45) is 0.191. The minimum absolute atomic E-state index is 0.0368. The second-order valence-corrected chi connectivity index (χ2v) is 10.0. The van der Waals surface area contributed by atoms with E-state index in [9.17, 15) is 9.59 Å². The van der Waals surface area contributed by atoms with Crippen molar-refractivity contribution in [3.8, 4) is 11.5 Å². The predicted molar refractivity (Wildman–Crippen MR) is 129 cm³/mol. The van der Waals surface area contributed by atoms with E-state index in [4.69, 9.17) is 14.5 Å². The Labute approximate surface area is 197 Å². The van der Waals surface area contributed by atoms with Gasteiger partial charge in [0.05, 0.1) is 18.0 Å². The van der Waals surface area contributed by atoms with Crippen molar-refractivity contribution in [2.45, 2.75) is 32.4 Å². The van der Waals surface area contributed by atoms with Crippen molar-refractivity contribution in [3.05, 3.63) is 54.1 Å². The monoisotopic (exact) mass is 465 g/mol. The van der Waals surface area contributed by atoms with Gasteiger partial charge in [-0.2, -0.15) is 0 Å². The van der Waals surface area contributed by atoms with Crippen LogP contribution in [0.15, 0.2) is 53.5 Å². The number of carbonyl (C=O) groups excluding carboxylic acids is 2. The zero-order valence-corrected chi connectivity index (χ0v) is 19.6. The summed E-state index contributed by atoms with van der Waals surface area (Å²) in [6, 6.07) is 15.5. The van der Waals surface area contributed by atoms with Crippen LogP contribution in [0.5, 0.6) is 11.5 Å². The molecule has 0 saturated carbocycles. The number of aliphatic imine (C=N–C) groups is 1. The van der Waals surface area contributed by atoms with Gasteiger partial charge in [0.15, 0.2) is 16.7 Å². The van der Waals surface area contributed by atoms with Crippen LogP contribution >= 0.6 is 11.8 Å². The number of benzene rings is 2. The van der Waals surface area contributed by atoms with Crippen molar-refractivity contribution in [3.63, 3.8) is 0 Å². The van der Waals surface area contributed by atoms with Crippen LogP contribution < -0.4 is 14.4 Å². The lowest BCUT2D eigenvalue weighted by atomic mass is 10.0. The maximum absolute atomic E-state index is 13.6. The number of amides is 2. The standard InChI is InChI=1S/C25H27N3O4S/c1-25(2)16-33-24(26-14-17-6-4-3-5-7-17)28(25)23(30)18-12-22(29)27(15-18)19-8-9-20-21(13-19)32-11-10-31-20/h3-9,13,18H,10-12,14-16H2,1-2H3/t18-/m1/s1. The highest BCUT2D eigenvalue weighted by Gasteiger charge is 2.46. The van der Waals surface area contributed by atoms with Gasteiger partial charge in [-0.05, 0) is 31.5 Å². The first-order valence-corrected chi connectivity index (χ1v) is 12.2. The highest BCUT2D eigenvalue weighted by molar-refractivity contribution is 8.14. The third kappa shape index (κ3) is 4.31. The van der Waals surface area contributed by atoms with E-state index in [1.807, 2.05) is 53.4 Å². The van der Waals surface area contributed by atoms with Crippen LogP contribution in [0.1, 0.15) is 25.8 Å². The molecule has 2 aromatic carbocycles. The van der Waals surface area contributed by atoms with E-state index < -0.39 is 5.92 Å². The highest BCUT2D eigenvalue weighted by atomic mass is 32.2. The fourth-order valence-electron chi connectivity index (χ4n) is 4.39. The van der Waals surface area contributed by atoms with Crippen molar-refractivity contribution in [1.82, 2.24) is 4.90 Å². The molecular formula is C25H27N3O4S. The van der Waals surface area contributed by atoms with E-state index in [1.165, 1.54) is 0 Å². The number of hydrogen-bond acceptors (Lipinski definition) is 6. The first-order chi connectivity index (χ1) is 15.9. The first-order valence-electron chi connectivity index (χ1n) is 11.2. The maximum Gasteiger partial charge on any atom is 0.234 e. The summed E-state index contributed by atoms with van der Waals surface area (Å²) in [5.74, 6) is 1.58. The molecule has 0 bridgehead atoms. The average Bonchev–Trinajstić information content (AvgIpc) is 3.36. The van der Waals surface area contributed by atoms with Gasteiger partial charge in [0.2, 0.25) is 11.8 Å². The summed E-state index contributed by atoms with van der Waals surface area (Å²) in [4.78, 5) is 34.8. The van der Waals surface area contributed by atoms with Gasteiger partial charge in [0.1, 0.15) is 13.2 Å². The third-order valence-electron chi connectivity index (χ3n) is 6.12. The largest absolute Gasteiger partial charge is 0.486 e. The Bertz CT molecular complexity index is 1100. The second kappa shape index (κ2) is 8.74. The number of hydrogen-bond donors (Lipinski definition) is 0. The molecule has 2 aromatic rings. The average molecular weight is 466 g/mol. The van der Waals surface area contributed by atoms with E-state index in [1.54, 1.807) is 16.7 Å². The number of nitrogens with zero attached hydrogens (tertiary/aromatic N) is 3. The number of anilines is 1. The van der Waals surface area contributed by atoms with Gasteiger partial charge >= 0.3 is 0 Å². The van der Waals surface area contributed by atoms with Crippen molar-refractivity contribution >= 4 is 34.4 Å². The first kappa shape index (κ1) is 21.8. The van der Waals surface area contributed by atoms with Crippen LogP contribution in [0.2, 0.25) is 0 Å². The Kier molecular flexibility index (Phi) is 5.78. The van der Waals surface area contributed by atoms with Crippen LogP contribution in [-0.4, -0.2) is 52.9 Å². The molecule has 2 amide bonds. The normalized spacial score (nSPS) is 22.8. The lowest BCUT2D eigenvalue weighted by Crippen LogP contribution is -2.49. The molecule has 7 nitrogen and oxygen atoms in total. The number of ether oxygens (including phenoxy) is 2. The summed E-state index contributed by atoms with van der Waals surface area (Å²) in [7, 11) is 0. The Morgan fingerprint density at radius 2 is 1.88 bits per heavy atom. The maximum atomic E-state index is 13.6. The molecule has 1 atom stereocenters. The number of amidine groups is 1. The lowest BCUT2D eigenvalue weighted by Gasteiger charge is -2.32. The third-order valence-corrected chi connectivity index (χ3v) is 7.54. The lowest BCUT2D eigenvalue weighted by molar-refractivity contribution is -0.134. The van der Waals surface area contributed by atoms with Crippen molar-refractivity contribution < 1.29 is 19.1 Å². The molecule has 3 aliphatic heterocycles. The molecule has 2 fully saturated rings. The van der Waals surface area contributed by atoms with E-state index in [0.29, 0.717) is 37.8 Å². The van der Waals surface area contributed by atoms with Crippen LogP contribution in [0, 0.1) is 5.92 Å². The zero-order valence-electron chi connectivity index (χ0n) is 18.8. The number of thioether (sulfide) groups is 1. The molecule has 0 N–H and O–H groups in total. The molecule has 172 valence electrons. The topological polar surface area (TPSA) is 71.4 Å². The fraction of sp³-hybridized carbons (Fsp3) is 0.400. The molecular weight excluding hydrogens is 438 g/mol. The molecule has 33 heavy (non-hydrogen) atoms. The van der Waals surface area contributed by atoms with Crippen molar-refractivity contribution in [1.29, 1.82) is 0 Å². The molecule has 0 aromatic heterocycles. The van der Waals surface area contributed by atoms with Crippen molar-refractivity contribution in [2.24, 2.45) is 10.9 Å². The highest BCUT2D eigenvalue weighted by Crippen LogP contribution is 2.38. The minimum Gasteiger partial charge on any atom is -0.486 e. The van der Waals surface area contributed by atoms with E-state index in [2.05, 4.69) is 13.8 Å². The number of rotatable bonds is 4. The molecule has 2 saturated heterocycles. The van der Waals surface area contributed by atoms with Crippen LogP contribution in [0.4, 0.5) is 5.69 Å². The Balaban J connectivity index is 1.34. The Morgan fingerprint density at radius 3 is 2.67 bits per heavy atom. The van der Waals surface area contributed by atoms with E-state index >= 15 is 0 Å². The summed E-state index contributed by atoms with van der Waals surface area (Å²) >= 11 is 1.60. The van der Waals surface area contributed by atoms with Gasteiger partial charge in [-0.3, -0.25) is 19.5 Å². The summed E-state index contributed by atoms with van der Waals surface area (Å²) < 4.78 is 11.2.